The molecule has 0 atom stereocenters. The summed E-state index contributed by atoms with van der Waals surface area (Å²) < 4.78 is 41.7. The van der Waals surface area contributed by atoms with Crippen LogP contribution in [0.3, 0.4) is 0 Å². The summed E-state index contributed by atoms with van der Waals surface area (Å²) >= 11 is 0. The maximum Gasteiger partial charge on any atom is 0.405 e. The van der Waals surface area contributed by atoms with Crippen molar-refractivity contribution in [2.75, 3.05) is 6.54 Å². The van der Waals surface area contributed by atoms with E-state index in [1.165, 1.54) is 6.07 Å². The maximum absolute atomic E-state index is 12.2. The number of aromatic nitrogens is 2. The van der Waals surface area contributed by atoms with E-state index in [0.29, 0.717) is 11.4 Å². The smallest absolute Gasteiger partial charge is 0.343 e. The second kappa shape index (κ2) is 6.17. The number of nitrogens with one attached hydrogen (secondary N) is 1. The van der Waals surface area contributed by atoms with Crippen molar-refractivity contribution in [3.05, 3.63) is 35.7 Å². The number of rotatable bonds is 4. The first-order chi connectivity index (χ1) is 10.3. The minimum absolute atomic E-state index is 0.0312. The molecule has 0 saturated heterocycles. The molecule has 0 saturated carbocycles. The minimum Gasteiger partial charge on any atom is -0.343 e. The van der Waals surface area contributed by atoms with Crippen LogP contribution in [-0.4, -0.2) is 28.8 Å². The van der Waals surface area contributed by atoms with Crippen LogP contribution in [0.4, 0.5) is 13.2 Å². The van der Waals surface area contributed by atoms with Gasteiger partial charge in [-0.05, 0) is 12.1 Å². The molecule has 1 N–H and O–H groups in total. The molecule has 0 aliphatic carbocycles. The molecule has 1 aromatic carbocycles. The molecular formula is C14H14F3N3O2. The zero-order valence-electron chi connectivity index (χ0n) is 11.9. The summed E-state index contributed by atoms with van der Waals surface area (Å²) in [5.74, 6) is -0.261. The number of nitrogens with zero attached hydrogens (tertiary/aromatic N) is 2. The lowest BCUT2D eigenvalue weighted by Crippen LogP contribution is -2.33. The van der Waals surface area contributed by atoms with Crippen LogP contribution < -0.4 is 5.32 Å². The largest absolute Gasteiger partial charge is 0.405 e. The fraction of sp³-hybridized carbons (Fsp3) is 0.357. The number of carbonyl (C=O) groups excluding carboxylic acids is 1. The second-order valence-electron chi connectivity index (χ2n) is 4.96. The average molecular weight is 313 g/mol. The van der Waals surface area contributed by atoms with Gasteiger partial charge in [-0.2, -0.15) is 18.2 Å². The van der Waals surface area contributed by atoms with Crippen molar-refractivity contribution in [1.82, 2.24) is 15.5 Å². The number of carbonyl (C=O) groups is 1. The van der Waals surface area contributed by atoms with E-state index in [1.807, 2.05) is 19.2 Å². The van der Waals surface area contributed by atoms with Gasteiger partial charge in [0.15, 0.2) is 5.82 Å². The van der Waals surface area contributed by atoms with Gasteiger partial charge in [-0.25, -0.2) is 0 Å². The van der Waals surface area contributed by atoms with Crippen molar-refractivity contribution >= 4 is 5.91 Å². The fourth-order valence-electron chi connectivity index (χ4n) is 1.72. The SMILES string of the molecule is CC(C)c1noc(-c2ccccc2C(=O)NCC(F)(F)F)n1. The molecule has 5 nitrogen and oxygen atoms in total. The Morgan fingerprint density at radius 3 is 2.59 bits per heavy atom. The van der Waals surface area contributed by atoms with Gasteiger partial charge in [-0.3, -0.25) is 4.79 Å². The van der Waals surface area contributed by atoms with Gasteiger partial charge in [0.05, 0.1) is 11.1 Å². The molecule has 2 rings (SSSR count). The van der Waals surface area contributed by atoms with Crippen LogP contribution in [0.15, 0.2) is 28.8 Å². The quantitative estimate of drug-likeness (QED) is 0.941. The van der Waals surface area contributed by atoms with E-state index in [4.69, 9.17) is 4.52 Å². The maximum atomic E-state index is 12.2. The van der Waals surface area contributed by atoms with E-state index in [9.17, 15) is 18.0 Å². The lowest BCUT2D eigenvalue weighted by atomic mass is 10.1. The molecule has 0 bridgehead atoms. The first-order valence-electron chi connectivity index (χ1n) is 6.56. The Balaban J connectivity index is 2.28. The van der Waals surface area contributed by atoms with Gasteiger partial charge in [0.2, 0.25) is 0 Å². The van der Waals surface area contributed by atoms with Gasteiger partial charge in [0.1, 0.15) is 6.54 Å². The first kappa shape index (κ1) is 16.0. The molecule has 0 aliphatic heterocycles. The minimum atomic E-state index is -4.47. The molecule has 2 aromatic rings. The Kier molecular flexibility index (Phi) is 4.48. The van der Waals surface area contributed by atoms with Crippen molar-refractivity contribution in [2.45, 2.75) is 25.9 Å². The standard InChI is InChI=1S/C14H14F3N3O2/c1-8(2)11-19-13(22-20-11)10-6-4-3-5-9(10)12(21)18-7-14(15,16)17/h3-6,8H,7H2,1-2H3,(H,18,21). The van der Waals surface area contributed by atoms with Gasteiger partial charge in [0, 0.05) is 5.92 Å². The molecule has 0 radical (unpaired) electrons. The molecule has 1 aromatic heterocycles. The molecule has 0 spiro atoms. The number of alkyl halides is 3. The number of halogens is 3. The third kappa shape index (κ3) is 3.84. The molecule has 0 unspecified atom stereocenters. The predicted molar refractivity (Wildman–Crippen MR) is 72.2 cm³/mol. The van der Waals surface area contributed by atoms with E-state index >= 15 is 0 Å². The molecule has 8 heteroatoms. The molecular weight excluding hydrogens is 299 g/mol. The predicted octanol–water partition coefficient (Wildman–Crippen LogP) is 3.15. The fourth-order valence-corrected chi connectivity index (χ4v) is 1.72. The second-order valence-corrected chi connectivity index (χ2v) is 4.96. The molecule has 1 heterocycles. The third-order valence-electron chi connectivity index (χ3n) is 2.81. The van der Waals surface area contributed by atoms with Crippen LogP contribution in [-0.2, 0) is 0 Å². The van der Waals surface area contributed by atoms with E-state index in [0.717, 1.165) is 0 Å². The third-order valence-corrected chi connectivity index (χ3v) is 2.81. The molecule has 118 valence electrons. The monoisotopic (exact) mass is 313 g/mol. The van der Waals surface area contributed by atoms with E-state index in [1.54, 1.807) is 18.2 Å². The van der Waals surface area contributed by atoms with E-state index < -0.39 is 18.6 Å². The number of amides is 1. The van der Waals surface area contributed by atoms with E-state index in [2.05, 4.69) is 10.1 Å². The molecule has 0 aliphatic rings. The van der Waals surface area contributed by atoms with Crippen molar-refractivity contribution < 1.29 is 22.5 Å². The highest BCUT2D eigenvalue weighted by atomic mass is 19.4. The van der Waals surface area contributed by atoms with Crippen molar-refractivity contribution in [1.29, 1.82) is 0 Å². The zero-order chi connectivity index (χ0) is 16.3. The lowest BCUT2D eigenvalue weighted by molar-refractivity contribution is -0.123. The average Bonchev–Trinajstić information content (AvgIpc) is 2.94. The summed E-state index contributed by atoms with van der Waals surface area (Å²) in [4.78, 5) is 16.1. The van der Waals surface area contributed by atoms with Gasteiger partial charge in [0.25, 0.3) is 11.8 Å². The van der Waals surface area contributed by atoms with Crippen LogP contribution in [0, 0.1) is 0 Å². The number of benzene rings is 1. The van der Waals surface area contributed by atoms with Crippen LogP contribution in [0.2, 0.25) is 0 Å². The highest BCUT2D eigenvalue weighted by molar-refractivity contribution is 5.99. The topological polar surface area (TPSA) is 68.0 Å². The van der Waals surface area contributed by atoms with Crippen molar-refractivity contribution in [3.63, 3.8) is 0 Å². The summed E-state index contributed by atoms with van der Waals surface area (Å²) in [6.45, 7) is 2.34. The molecule has 22 heavy (non-hydrogen) atoms. The Morgan fingerprint density at radius 1 is 1.32 bits per heavy atom. The van der Waals surface area contributed by atoms with Gasteiger partial charge in [-0.15, -0.1) is 0 Å². The van der Waals surface area contributed by atoms with Crippen LogP contribution in [0.25, 0.3) is 11.5 Å². The Morgan fingerprint density at radius 2 is 2.00 bits per heavy atom. The van der Waals surface area contributed by atoms with Crippen LogP contribution in [0.1, 0.15) is 35.9 Å². The first-order valence-corrected chi connectivity index (χ1v) is 6.56. The lowest BCUT2D eigenvalue weighted by Gasteiger charge is -2.09. The summed E-state index contributed by atoms with van der Waals surface area (Å²) in [5, 5.41) is 5.60. The zero-order valence-corrected chi connectivity index (χ0v) is 11.9. The van der Waals surface area contributed by atoms with Crippen LogP contribution in [0.5, 0.6) is 0 Å². The van der Waals surface area contributed by atoms with Crippen LogP contribution >= 0.6 is 0 Å². The highest BCUT2D eigenvalue weighted by Gasteiger charge is 2.28. The van der Waals surface area contributed by atoms with E-state index in [-0.39, 0.29) is 17.4 Å². The highest BCUT2D eigenvalue weighted by Crippen LogP contribution is 2.24. The Hall–Kier alpha value is -2.38. The summed E-state index contributed by atoms with van der Waals surface area (Å²) in [5.41, 5.74) is 0.340. The molecule has 1 amide bonds. The van der Waals surface area contributed by atoms with Gasteiger partial charge < -0.3 is 9.84 Å². The molecule has 0 fully saturated rings. The van der Waals surface area contributed by atoms with Gasteiger partial charge in [-0.1, -0.05) is 31.1 Å². The Labute approximate surface area is 124 Å². The number of hydrogen-bond acceptors (Lipinski definition) is 4. The summed E-state index contributed by atoms with van der Waals surface area (Å²) in [6, 6.07) is 6.13. The van der Waals surface area contributed by atoms with Crippen molar-refractivity contribution in [3.8, 4) is 11.5 Å². The summed E-state index contributed by atoms with van der Waals surface area (Å²) in [7, 11) is 0. The van der Waals surface area contributed by atoms with Gasteiger partial charge >= 0.3 is 6.18 Å². The van der Waals surface area contributed by atoms with Crippen molar-refractivity contribution in [2.24, 2.45) is 0 Å². The number of hydrogen-bond donors (Lipinski definition) is 1. The normalized spacial score (nSPS) is 11.7. The Bertz CT molecular complexity index is 665. The summed E-state index contributed by atoms with van der Waals surface area (Å²) in [6.07, 6.45) is -4.47.